The van der Waals surface area contributed by atoms with Crippen LogP contribution < -0.4 is 10.2 Å². The van der Waals surface area contributed by atoms with Crippen LogP contribution in [0, 0.1) is 0 Å². The number of rotatable bonds is 4. The number of anilines is 1. The van der Waals surface area contributed by atoms with Crippen molar-refractivity contribution in [2.24, 2.45) is 7.05 Å². The molecule has 0 aromatic carbocycles. The predicted molar refractivity (Wildman–Crippen MR) is 101 cm³/mol. The van der Waals surface area contributed by atoms with Gasteiger partial charge in [-0.3, -0.25) is 9.78 Å². The van der Waals surface area contributed by atoms with Crippen LogP contribution in [0.4, 0.5) is 5.69 Å². The summed E-state index contributed by atoms with van der Waals surface area (Å²) < 4.78 is 7.26. The molecule has 2 aliphatic rings. The summed E-state index contributed by atoms with van der Waals surface area (Å²) in [7, 11) is 1.91. The van der Waals surface area contributed by atoms with Crippen molar-refractivity contribution in [2.75, 3.05) is 31.2 Å². The van der Waals surface area contributed by atoms with Gasteiger partial charge < -0.3 is 19.5 Å². The lowest BCUT2D eigenvalue weighted by Crippen LogP contribution is -2.37. The summed E-state index contributed by atoms with van der Waals surface area (Å²) in [6, 6.07) is 3.66. The van der Waals surface area contributed by atoms with E-state index in [0.29, 0.717) is 25.3 Å². The van der Waals surface area contributed by atoms with Gasteiger partial charge in [0.2, 0.25) is 0 Å². The summed E-state index contributed by atoms with van der Waals surface area (Å²) in [5.41, 5.74) is 2.46. The Morgan fingerprint density at radius 3 is 2.96 bits per heavy atom. The average Bonchev–Trinajstić information content (AvgIpc) is 3.15. The van der Waals surface area contributed by atoms with Gasteiger partial charge in [-0.1, -0.05) is 18.2 Å². The van der Waals surface area contributed by atoms with E-state index in [4.69, 9.17) is 4.74 Å². The van der Waals surface area contributed by atoms with Crippen LogP contribution in [0.25, 0.3) is 5.57 Å². The van der Waals surface area contributed by atoms with Crippen molar-refractivity contribution in [2.45, 2.75) is 12.5 Å². The molecule has 8 heteroatoms. The van der Waals surface area contributed by atoms with Gasteiger partial charge in [0.05, 0.1) is 19.3 Å². The SMILES string of the molecule is Cn1cnnc1C1=CC=CC(NC(=O)c2cc(N3CCOCC3)ccn2)C1. The first-order valence-corrected chi connectivity index (χ1v) is 9.02. The number of hydrogen-bond acceptors (Lipinski definition) is 6. The Bertz CT molecular complexity index is 882. The third-order valence-corrected chi connectivity index (χ3v) is 4.75. The number of aromatic nitrogens is 4. The molecular weight excluding hydrogens is 344 g/mol. The fraction of sp³-hybridized carbons (Fsp3) is 0.368. The summed E-state index contributed by atoms with van der Waals surface area (Å²) in [6.07, 6.45) is 9.94. The molecule has 3 heterocycles. The minimum atomic E-state index is -0.182. The number of amides is 1. The van der Waals surface area contributed by atoms with Crippen LogP contribution in [-0.2, 0) is 11.8 Å². The molecule has 1 unspecified atom stereocenters. The largest absolute Gasteiger partial charge is 0.378 e. The van der Waals surface area contributed by atoms with Crippen LogP contribution in [0.1, 0.15) is 22.7 Å². The Labute approximate surface area is 157 Å². The maximum absolute atomic E-state index is 12.7. The van der Waals surface area contributed by atoms with E-state index in [0.717, 1.165) is 30.2 Å². The lowest BCUT2D eigenvalue weighted by atomic mass is 9.99. The molecule has 0 saturated carbocycles. The summed E-state index contributed by atoms with van der Waals surface area (Å²) in [5.74, 6) is 0.630. The maximum Gasteiger partial charge on any atom is 0.270 e. The van der Waals surface area contributed by atoms with E-state index in [1.165, 1.54) is 0 Å². The lowest BCUT2D eigenvalue weighted by molar-refractivity contribution is 0.0940. The fourth-order valence-electron chi connectivity index (χ4n) is 3.32. The topological polar surface area (TPSA) is 85.2 Å². The van der Waals surface area contributed by atoms with E-state index >= 15 is 0 Å². The maximum atomic E-state index is 12.7. The predicted octanol–water partition coefficient (Wildman–Crippen LogP) is 1.19. The Hall–Kier alpha value is -3.00. The molecule has 1 N–H and O–H groups in total. The molecule has 1 saturated heterocycles. The highest BCUT2D eigenvalue weighted by Gasteiger charge is 2.20. The highest BCUT2D eigenvalue weighted by atomic mass is 16.5. The van der Waals surface area contributed by atoms with Crippen LogP contribution in [0.15, 0.2) is 42.9 Å². The van der Waals surface area contributed by atoms with Gasteiger partial charge in [0.1, 0.15) is 12.0 Å². The van der Waals surface area contributed by atoms with Crippen LogP contribution in [0.2, 0.25) is 0 Å². The van der Waals surface area contributed by atoms with E-state index in [-0.39, 0.29) is 11.9 Å². The lowest BCUT2D eigenvalue weighted by Gasteiger charge is -2.29. The zero-order chi connectivity index (χ0) is 18.6. The molecule has 2 aromatic rings. The number of allylic oxidation sites excluding steroid dienone is 2. The molecule has 1 atom stereocenters. The van der Waals surface area contributed by atoms with Gasteiger partial charge in [-0.05, 0) is 24.1 Å². The second-order valence-corrected chi connectivity index (χ2v) is 6.63. The van der Waals surface area contributed by atoms with Crippen molar-refractivity contribution in [1.29, 1.82) is 0 Å². The van der Waals surface area contributed by atoms with Crippen molar-refractivity contribution < 1.29 is 9.53 Å². The molecule has 1 amide bonds. The van der Waals surface area contributed by atoms with Crippen molar-refractivity contribution in [3.8, 4) is 0 Å². The van der Waals surface area contributed by atoms with E-state index in [2.05, 4.69) is 25.4 Å². The number of carbonyl (C=O) groups is 1. The molecule has 4 rings (SSSR count). The molecule has 1 aliphatic carbocycles. The number of pyridine rings is 1. The molecule has 27 heavy (non-hydrogen) atoms. The normalized spacial score (nSPS) is 19.7. The molecule has 0 spiro atoms. The third-order valence-electron chi connectivity index (χ3n) is 4.75. The van der Waals surface area contributed by atoms with Crippen LogP contribution >= 0.6 is 0 Å². The van der Waals surface area contributed by atoms with Gasteiger partial charge in [0, 0.05) is 32.0 Å². The fourth-order valence-corrected chi connectivity index (χ4v) is 3.32. The summed E-state index contributed by atoms with van der Waals surface area (Å²) in [5, 5.41) is 11.1. The molecule has 2 aromatic heterocycles. The van der Waals surface area contributed by atoms with Gasteiger partial charge >= 0.3 is 0 Å². The zero-order valence-electron chi connectivity index (χ0n) is 15.2. The quantitative estimate of drug-likeness (QED) is 0.875. The first-order chi connectivity index (χ1) is 13.2. The Morgan fingerprint density at radius 2 is 2.19 bits per heavy atom. The number of ether oxygens (including phenoxy) is 1. The number of aryl methyl sites for hydroxylation is 1. The van der Waals surface area contributed by atoms with Crippen LogP contribution in [0.5, 0.6) is 0 Å². The standard InChI is InChI=1S/C19H22N6O2/c1-24-13-21-23-18(24)14-3-2-4-15(11-14)22-19(26)17-12-16(5-6-20-17)25-7-9-27-10-8-25/h2-6,12-13,15H,7-11H2,1H3,(H,22,26). The second-order valence-electron chi connectivity index (χ2n) is 6.63. The van der Waals surface area contributed by atoms with Gasteiger partial charge in [0.25, 0.3) is 5.91 Å². The summed E-state index contributed by atoms with van der Waals surface area (Å²) in [4.78, 5) is 19.2. The number of hydrogen-bond donors (Lipinski definition) is 1. The van der Waals surface area contributed by atoms with E-state index in [9.17, 15) is 4.79 Å². The van der Waals surface area contributed by atoms with Gasteiger partial charge in [0.15, 0.2) is 5.82 Å². The van der Waals surface area contributed by atoms with E-state index in [1.807, 2.05) is 42.0 Å². The second kappa shape index (κ2) is 7.71. The number of nitrogens with one attached hydrogen (secondary N) is 1. The average molecular weight is 366 g/mol. The molecule has 8 nitrogen and oxygen atoms in total. The Kier molecular flexibility index (Phi) is 4.97. The van der Waals surface area contributed by atoms with Gasteiger partial charge in [-0.2, -0.15) is 0 Å². The molecule has 0 bridgehead atoms. The highest BCUT2D eigenvalue weighted by Crippen LogP contribution is 2.22. The monoisotopic (exact) mass is 366 g/mol. The first kappa shape index (κ1) is 17.4. The Morgan fingerprint density at radius 1 is 1.33 bits per heavy atom. The van der Waals surface area contributed by atoms with E-state index in [1.54, 1.807) is 12.5 Å². The first-order valence-electron chi connectivity index (χ1n) is 9.02. The smallest absolute Gasteiger partial charge is 0.270 e. The van der Waals surface area contributed by atoms with Crippen LogP contribution in [0.3, 0.4) is 0 Å². The number of carbonyl (C=O) groups excluding carboxylic acids is 1. The molecule has 0 radical (unpaired) electrons. The Balaban J connectivity index is 1.43. The molecule has 1 aliphatic heterocycles. The zero-order valence-corrected chi connectivity index (χ0v) is 15.2. The van der Waals surface area contributed by atoms with Crippen molar-refractivity contribution in [3.05, 3.63) is 54.4 Å². The van der Waals surface area contributed by atoms with Gasteiger partial charge in [-0.25, -0.2) is 0 Å². The summed E-state index contributed by atoms with van der Waals surface area (Å²) >= 11 is 0. The molecule has 1 fully saturated rings. The summed E-state index contributed by atoms with van der Waals surface area (Å²) in [6.45, 7) is 3.05. The van der Waals surface area contributed by atoms with Crippen molar-refractivity contribution in [3.63, 3.8) is 0 Å². The molecule has 140 valence electrons. The van der Waals surface area contributed by atoms with Crippen LogP contribution in [-0.4, -0.2) is 58.0 Å². The number of nitrogens with zero attached hydrogens (tertiary/aromatic N) is 5. The van der Waals surface area contributed by atoms with Gasteiger partial charge in [-0.15, -0.1) is 10.2 Å². The highest BCUT2D eigenvalue weighted by molar-refractivity contribution is 5.93. The molecular formula is C19H22N6O2. The minimum Gasteiger partial charge on any atom is -0.378 e. The third kappa shape index (κ3) is 3.90. The number of morpholine rings is 1. The van der Waals surface area contributed by atoms with E-state index < -0.39 is 0 Å². The van der Waals surface area contributed by atoms with Crippen molar-refractivity contribution >= 4 is 17.2 Å². The minimum absolute atomic E-state index is 0.108. The van der Waals surface area contributed by atoms with Crippen molar-refractivity contribution in [1.82, 2.24) is 25.1 Å².